The minimum Gasteiger partial charge on any atom is -0.396 e. The lowest BCUT2D eigenvalue weighted by Gasteiger charge is -2.10. The van der Waals surface area contributed by atoms with E-state index < -0.39 is 0 Å². The van der Waals surface area contributed by atoms with E-state index in [1.807, 2.05) is 18.4 Å². The number of thiophene rings is 1. The minimum absolute atomic E-state index is 0.0827. The van der Waals surface area contributed by atoms with Gasteiger partial charge in [-0.3, -0.25) is 4.79 Å². The molecule has 0 bridgehead atoms. The third-order valence-electron chi connectivity index (χ3n) is 2.49. The van der Waals surface area contributed by atoms with Gasteiger partial charge in [-0.2, -0.15) is 0 Å². The minimum atomic E-state index is 0.0827. The quantitative estimate of drug-likeness (QED) is 0.811. The maximum atomic E-state index is 11.6. The molecule has 0 aliphatic heterocycles. The number of hydrogen-bond acceptors (Lipinski definition) is 3. The number of aliphatic hydroxyl groups is 1. The molecule has 0 aliphatic carbocycles. The molecule has 0 aliphatic rings. The highest BCUT2D eigenvalue weighted by molar-refractivity contribution is 9.10. The fourth-order valence-corrected chi connectivity index (χ4v) is 2.88. The Balaban J connectivity index is 2.17. The summed E-state index contributed by atoms with van der Waals surface area (Å²) in [5, 5.41) is 13.7. The fraction of sp³-hybridized carbons (Fsp3) is 0.583. The second-order valence-corrected chi connectivity index (χ2v) is 6.06. The Kier molecular flexibility index (Phi) is 6.77. The molecule has 1 aromatic rings. The predicted molar refractivity (Wildman–Crippen MR) is 74.2 cm³/mol. The molecule has 17 heavy (non-hydrogen) atoms. The molecule has 0 fully saturated rings. The van der Waals surface area contributed by atoms with Gasteiger partial charge in [0, 0.05) is 34.3 Å². The second-order valence-electron chi connectivity index (χ2n) is 4.15. The van der Waals surface area contributed by atoms with E-state index in [-0.39, 0.29) is 12.5 Å². The smallest absolute Gasteiger partial charge is 0.220 e. The number of hydrogen-bond donors (Lipinski definition) is 2. The second kappa shape index (κ2) is 7.84. The molecule has 1 atom stereocenters. The van der Waals surface area contributed by atoms with E-state index in [9.17, 15) is 4.79 Å². The maximum absolute atomic E-state index is 11.6. The highest BCUT2D eigenvalue weighted by Crippen LogP contribution is 2.20. The number of nitrogens with one attached hydrogen (secondary N) is 1. The van der Waals surface area contributed by atoms with E-state index in [1.165, 1.54) is 4.88 Å². The van der Waals surface area contributed by atoms with Gasteiger partial charge in [0.15, 0.2) is 0 Å². The first-order chi connectivity index (χ1) is 8.11. The summed E-state index contributed by atoms with van der Waals surface area (Å²) in [4.78, 5) is 12.8. The number of carbonyl (C=O) groups excluding carboxylic acids is 1. The van der Waals surface area contributed by atoms with Gasteiger partial charge in [-0.15, -0.1) is 11.3 Å². The highest BCUT2D eigenvalue weighted by atomic mass is 79.9. The topological polar surface area (TPSA) is 49.3 Å². The summed E-state index contributed by atoms with van der Waals surface area (Å²) in [7, 11) is 0. The van der Waals surface area contributed by atoms with E-state index in [0.29, 0.717) is 18.9 Å². The average Bonchev–Trinajstić information content (AvgIpc) is 2.70. The lowest BCUT2D eigenvalue weighted by molar-refractivity contribution is -0.121. The van der Waals surface area contributed by atoms with E-state index in [0.717, 1.165) is 17.3 Å². The zero-order valence-corrected chi connectivity index (χ0v) is 12.3. The largest absolute Gasteiger partial charge is 0.396 e. The Hall–Kier alpha value is -0.390. The van der Waals surface area contributed by atoms with Gasteiger partial charge < -0.3 is 10.4 Å². The Labute approximate surface area is 114 Å². The zero-order chi connectivity index (χ0) is 12.7. The molecule has 96 valence electrons. The standard InChI is InChI=1S/C12H18BrNO2S/c1-9(4-5-15)7-14-12(16)3-2-11-6-10(13)8-17-11/h6,8-9,15H,2-5,7H2,1H3,(H,14,16). The van der Waals surface area contributed by atoms with Crippen LogP contribution in [0.2, 0.25) is 0 Å². The summed E-state index contributed by atoms with van der Waals surface area (Å²) in [6.45, 7) is 2.85. The van der Waals surface area contributed by atoms with Gasteiger partial charge in [0.2, 0.25) is 5.91 Å². The van der Waals surface area contributed by atoms with Gasteiger partial charge in [-0.25, -0.2) is 0 Å². The van der Waals surface area contributed by atoms with E-state index in [4.69, 9.17) is 5.11 Å². The van der Waals surface area contributed by atoms with Crippen LogP contribution < -0.4 is 5.32 Å². The van der Waals surface area contributed by atoms with Crippen molar-refractivity contribution >= 4 is 33.2 Å². The number of aliphatic hydroxyl groups excluding tert-OH is 1. The van der Waals surface area contributed by atoms with Crippen molar-refractivity contribution in [1.29, 1.82) is 0 Å². The van der Waals surface area contributed by atoms with Gasteiger partial charge in [-0.05, 0) is 40.8 Å². The monoisotopic (exact) mass is 319 g/mol. The lowest BCUT2D eigenvalue weighted by Crippen LogP contribution is -2.28. The van der Waals surface area contributed by atoms with Crippen LogP contribution in [0.15, 0.2) is 15.9 Å². The molecule has 1 aromatic heterocycles. The SMILES string of the molecule is CC(CCO)CNC(=O)CCc1cc(Br)cs1. The molecule has 0 saturated heterocycles. The van der Waals surface area contributed by atoms with Gasteiger partial charge in [0.25, 0.3) is 0 Å². The predicted octanol–water partition coefficient (Wildman–Crippen LogP) is 2.58. The third-order valence-corrected chi connectivity index (χ3v) is 4.25. The van der Waals surface area contributed by atoms with Crippen LogP contribution in [0.1, 0.15) is 24.6 Å². The number of aryl methyl sites for hydroxylation is 1. The Morgan fingerprint density at radius 2 is 2.41 bits per heavy atom. The summed E-state index contributed by atoms with van der Waals surface area (Å²) < 4.78 is 1.08. The van der Waals surface area contributed by atoms with Crippen LogP contribution in [0.3, 0.4) is 0 Å². The lowest BCUT2D eigenvalue weighted by atomic mass is 10.1. The average molecular weight is 320 g/mol. The molecule has 0 aromatic carbocycles. The van der Waals surface area contributed by atoms with Gasteiger partial charge in [-0.1, -0.05) is 6.92 Å². The summed E-state index contributed by atoms with van der Waals surface area (Å²) in [5.74, 6) is 0.416. The molecule has 1 rings (SSSR count). The Bertz CT molecular complexity index is 354. The van der Waals surface area contributed by atoms with E-state index in [1.54, 1.807) is 11.3 Å². The first-order valence-corrected chi connectivity index (χ1v) is 7.39. The summed E-state index contributed by atoms with van der Waals surface area (Å²) in [5.41, 5.74) is 0. The van der Waals surface area contributed by atoms with Gasteiger partial charge in [0.1, 0.15) is 0 Å². The summed E-state index contributed by atoms with van der Waals surface area (Å²) in [6, 6.07) is 2.05. The van der Waals surface area contributed by atoms with Crippen molar-refractivity contribution < 1.29 is 9.90 Å². The highest BCUT2D eigenvalue weighted by Gasteiger charge is 2.06. The summed E-state index contributed by atoms with van der Waals surface area (Å²) in [6.07, 6.45) is 2.05. The number of halogens is 1. The van der Waals surface area contributed by atoms with Crippen LogP contribution in [0, 0.1) is 5.92 Å². The van der Waals surface area contributed by atoms with Crippen LogP contribution >= 0.6 is 27.3 Å². The van der Waals surface area contributed by atoms with Crippen molar-refractivity contribution in [2.45, 2.75) is 26.2 Å². The zero-order valence-electron chi connectivity index (χ0n) is 9.91. The number of rotatable bonds is 7. The molecule has 0 radical (unpaired) electrons. The molecule has 5 heteroatoms. The first kappa shape index (κ1) is 14.7. The molecular weight excluding hydrogens is 302 g/mol. The molecule has 2 N–H and O–H groups in total. The van der Waals surface area contributed by atoms with Crippen LogP contribution in [0.4, 0.5) is 0 Å². The first-order valence-electron chi connectivity index (χ1n) is 5.72. The van der Waals surface area contributed by atoms with Crippen LogP contribution in [0.5, 0.6) is 0 Å². The molecule has 1 heterocycles. The Morgan fingerprint density at radius 1 is 1.65 bits per heavy atom. The van der Waals surface area contributed by atoms with E-state index >= 15 is 0 Å². The molecule has 3 nitrogen and oxygen atoms in total. The van der Waals surface area contributed by atoms with Crippen molar-refractivity contribution in [3.05, 3.63) is 20.8 Å². The van der Waals surface area contributed by atoms with Gasteiger partial charge in [0.05, 0.1) is 0 Å². The fourth-order valence-electron chi connectivity index (χ4n) is 1.42. The molecule has 0 spiro atoms. The normalized spacial score (nSPS) is 12.4. The molecule has 0 saturated carbocycles. The van der Waals surface area contributed by atoms with Crippen molar-refractivity contribution in [2.75, 3.05) is 13.2 Å². The maximum Gasteiger partial charge on any atom is 0.220 e. The Morgan fingerprint density at radius 3 is 3.00 bits per heavy atom. The molecule has 1 amide bonds. The van der Waals surface area contributed by atoms with E-state index in [2.05, 4.69) is 21.2 Å². The van der Waals surface area contributed by atoms with Crippen molar-refractivity contribution in [3.8, 4) is 0 Å². The molecular formula is C12H18BrNO2S. The van der Waals surface area contributed by atoms with Crippen LogP contribution in [-0.2, 0) is 11.2 Å². The number of amides is 1. The van der Waals surface area contributed by atoms with Gasteiger partial charge >= 0.3 is 0 Å². The third kappa shape index (κ3) is 6.19. The molecule has 1 unspecified atom stereocenters. The number of carbonyl (C=O) groups is 1. The van der Waals surface area contributed by atoms with Crippen LogP contribution in [0.25, 0.3) is 0 Å². The van der Waals surface area contributed by atoms with Crippen LogP contribution in [-0.4, -0.2) is 24.2 Å². The van der Waals surface area contributed by atoms with Crippen molar-refractivity contribution in [1.82, 2.24) is 5.32 Å². The summed E-state index contributed by atoms with van der Waals surface area (Å²) >= 11 is 5.06. The van der Waals surface area contributed by atoms with Crippen molar-refractivity contribution in [2.24, 2.45) is 5.92 Å². The van der Waals surface area contributed by atoms with Crippen molar-refractivity contribution in [3.63, 3.8) is 0 Å².